The Bertz CT molecular complexity index is 541. The fourth-order valence-corrected chi connectivity index (χ4v) is 2.61. The zero-order valence-corrected chi connectivity index (χ0v) is 9.81. The van der Waals surface area contributed by atoms with Crippen LogP contribution in [0.25, 0.3) is 5.69 Å². The van der Waals surface area contributed by atoms with E-state index >= 15 is 0 Å². The van der Waals surface area contributed by atoms with Gasteiger partial charge in [0.05, 0.1) is 0 Å². The molecule has 1 N–H and O–H groups in total. The Kier molecular flexibility index (Phi) is 2.66. The van der Waals surface area contributed by atoms with E-state index in [9.17, 15) is 4.79 Å². The average molecular weight is 266 g/mol. The molecule has 0 fully saturated rings. The first kappa shape index (κ1) is 10.1. The maximum absolute atomic E-state index is 11.1. The van der Waals surface area contributed by atoms with Gasteiger partial charge in [-0.1, -0.05) is 0 Å². The number of benzene rings is 1. The minimum atomic E-state index is -0.248. The Morgan fingerprint density at radius 2 is 2.07 bits per heavy atom. The van der Waals surface area contributed by atoms with Gasteiger partial charge < -0.3 is 0 Å². The van der Waals surface area contributed by atoms with Gasteiger partial charge in [-0.25, -0.2) is 0 Å². The third kappa shape index (κ3) is 1.98. The van der Waals surface area contributed by atoms with E-state index < -0.39 is 0 Å². The van der Waals surface area contributed by atoms with E-state index in [1.807, 2.05) is 30.3 Å². The predicted molar refractivity (Wildman–Crippen MR) is 56.4 cm³/mol. The van der Waals surface area contributed by atoms with Crippen LogP contribution in [0.1, 0.15) is 16.3 Å². The van der Waals surface area contributed by atoms with E-state index in [4.69, 9.17) is 5.41 Å². The topological polar surface area (TPSA) is 58.7 Å². The standard InChI is InChI=1S/C10H9N3OSe/c1-7(14)9-12-13(10(11)15-9)8-5-3-2-4-6-8/h2-6,11H,1H3. The van der Waals surface area contributed by atoms with E-state index in [1.165, 1.54) is 11.6 Å². The molecule has 0 atom stereocenters. The molecule has 1 aromatic carbocycles. The molecule has 0 saturated carbocycles. The first-order chi connectivity index (χ1) is 7.18. The second-order valence-corrected chi connectivity index (χ2v) is 5.07. The van der Waals surface area contributed by atoms with Gasteiger partial charge in [-0.2, -0.15) is 0 Å². The zero-order chi connectivity index (χ0) is 10.8. The molecular weight excluding hydrogens is 257 g/mol. The Morgan fingerprint density at radius 1 is 1.40 bits per heavy atom. The SMILES string of the molecule is CC(=O)c1nn(-c2ccccc2)c(=N)[se]1. The molecule has 1 heterocycles. The number of nitrogens with zero attached hydrogens (tertiary/aromatic N) is 2. The van der Waals surface area contributed by atoms with Crippen LogP contribution in [-0.4, -0.2) is 30.1 Å². The Balaban J connectivity index is 2.55. The van der Waals surface area contributed by atoms with Crippen LogP contribution in [0, 0.1) is 5.41 Å². The number of nitrogens with one attached hydrogen (secondary N) is 1. The van der Waals surface area contributed by atoms with Crippen molar-refractivity contribution in [2.45, 2.75) is 6.92 Å². The van der Waals surface area contributed by atoms with Crippen LogP contribution in [0.15, 0.2) is 30.3 Å². The molecule has 1 aromatic heterocycles. The molecule has 0 spiro atoms. The van der Waals surface area contributed by atoms with Gasteiger partial charge in [0.15, 0.2) is 0 Å². The van der Waals surface area contributed by atoms with Crippen molar-refractivity contribution in [3.8, 4) is 5.69 Å². The van der Waals surface area contributed by atoms with Gasteiger partial charge in [-0.05, 0) is 0 Å². The van der Waals surface area contributed by atoms with Crippen molar-refractivity contribution in [1.29, 1.82) is 5.41 Å². The van der Waals surface area contributed by atoms with Crippen molar-refractivity contribution in [3.63, 3.8) is 0 Å². The Morgan fingerprint density at radius 3 is 2.60 bits per heavy atom. The van der Waals surface area contributed by atoms with E-state index in [0.717, 1.165) is 5.69 Å². The third-order valence-electron chi connectivity index (χ3n) is 1.88. The summed E-state index contributed by atoms with van der Waals surface area (Å²) in [4.78, 5) is 11.1. The number of para-hydroxylation sites is 1. The molecule has 2 aromatic rings. The molecule has 0 bridgehead atoms. The van der Waals surface area contributed by atoms with Gasteiger partial charge in [0.25, 0.3) is 0 Å². The second-order valence-electron chi connectivity index (χ2n) is 3.02. The molecule has 2 rings (SSSR count). The fraction of sp³-hybridized carbons (Fsp3) is 0.100. The van der Waals surface area contributed by atoms with Gasteiger partial charge in [0.1, 0.15) is 0 Å². The molecule has 0 radical (unpaired) electrons. The van der Waals surface area contributed by atoms with Crippen LogP contribution >= 0.6 is 0 Å². The van der Waals surface area contributed by atoms with Gasteiger partial charge >= 0.3 is 92.1 Å². The van der Waals surface area contributed by atoms with Crippen LogP contribution in [-0.2, 0) is 0 Å². The molecule has 0 aliphatic carbocycles. The fourth-order valence-electron chi connectivity index (χ4n) is 1.18. The predicted octanol–water partition coefficient (Wildman–Crippen LogP) is 0.611. The summed E-state index contributed by atoms with van der Waals surface area (Å²) < 4.78 is 2.44. The van der Waals surface area contributed by atoms with Crippen molar-refractivity contribution in [2.75, 3.05) is 0 Å². The second kappa shape index (κ2) is 3.96. The molecule has 0 aliphatic rings. The molecule has 0 saturated heterocycles. The van der Waals surface area contributed by atoms with Gasteiger partial charge in [0, 0.05) is 0 Å². The van der Waals surface area contributed by atoms with Crippen molar-refractivity contribution >= 4 is 20.3 Å². The van der Waals surface area contributed by atoms with Crippen molar-refractivity contribution in [1.82, 2.24) is 9.78 Å². The number of carbonyl (C=O) groups excluding carboxylic acids is 1. The van der Waals surface area contributed by atoms with Crippen LogP contribution in [0.5, 0.6) is 0 Å². The van der Waals surface area contributed by atoms with Crippen LogP contribution < -0.4 is 4.36 Å². The summed E-state index contributed by atoms with van der Waals surface area (Å²) in [7, 11) is 0. The van der Waals surface area contributed by atoms with Crippen molar-refractivity contribution < 1.29 is 4.79 Å². The molecule has 15 heavy (non-hydrogen) atoms. The molecule has 76 valence electrons. The minimum absolute atomic E-state index is 0.0434. The molecule has 4 nitrogen and oxygen atoms in total. The average Bonchev–Trinajstić information content (AvgIpc) is 2.62. The van der Waals surface area contributed by atoms with Crippen molar-refractivity contribution in [2.24, 2.45) is 0 Å². The molecule has 0 unspecified atom stereocenters. The zero-order valence-electron chi connectivity index (χ0n) is 8.10. The summed E-state index contributed by atoms with van der Waals surface area (Å²) in [6.45, 7) is 1.49. The van der Waals surface area contributed by atoms with Crippen molar-refractivity contribution in [3.05, 3.63) is 39.3 Å². The summed E-state index contributed by atoms with van der Waals surface area (Å²) in [6, 6.07) is 9.42. The van der Waals surface area contributed by atoms with E-state index in [0.29, 0.717) is 8.93 Å². The monoisotopic (exact) mass is 267 g/mol. The van der Waals surface area contributed by atoms with Gasteiger partial charge in [-0.3, -0.25) is 0 Å². The molecular formula is C10H9N3OSe. The number of Topliss-reactive ketones (excluding diaryl/α,β-unsaturated/α-hetero) is 1. The summed E-state index contributed by atoms with van der Waals surface area (Å²) >= 11 is -0.248. The molecule has 5 heteroatoms. The molecule has 0 aliphatic heterocycles. The number of hydrogen-bond acceptors (Lipinski definition) is 3. The summed E-state index contributed by atoms with van der Waals surface area (Å²) in [6.07, 6.45) is 0. The number of aromatic nitrogens is 2. The summed E-state index contributed by atoms with van der Waals surface area (Å²) in [5.74, 6) is -0.0434. The quantitative estimate of drug-likeness (QED) is 0.639. The van der Waals surface area contributed by atoms with Gasteiger partial charge in [-0.15, -0.1) is 0 Å². The summed E-state index contributed by atoms with van der Waals surface area (Å²) in [5, 5.41) is 11.9. The normalized spacial score (nSPS) is 10.2. The van der Waals surface area contributed by atoms with Crippen LogP contribution in [0.4, 0.5) is 0 Å². The molecule has 0 amide bonds. The Hall–Kier alpha value is -1.45. The van der Waals surface area contributed by atoms with Gasteiger partial charge in [0.2, 0.25) is 0 Å². The van der Waals surface area contributed by atoms with E-state index in [2.05, 4.69) is 5.10 Å². The first-order valence-corrected chi connectivity index (χ1v) is 6.11. The first-order valence-electron chi connectivity index (χ1n) is 4.39. The number of hydrogen-bond donors (Lipinski definition) is 1. The maximum atomic E-state index is 11.1. The number of ketones is 1. The number of carbonyl (C=O) groups is 1. The van der Waals surface area contributed by atoms with E-state index in [1.54, 1.807) is 0 Å². The third-order valence-corrected chi connectivity index (χ3v) is 3.83. The van der Waals surface area contributed by atoms with E-state index in [-0.39, 0.29) is 20.3 Å². The van der Waals surface area contributed by atoms with Crippen LogP contribution in [0.3, 0.4) is 0 Å². The summed E-state index contributed by atoms with van der Waals surface area (Å²) in [5.41, 5.74) is 0.834. The Labute approximate surface area is 92.4 Å². The van der Waals surface area contributed by atoms with Crippen LogP contribution in [0.2, 0.25) is 0 Å². The number of rotatable bonds is 2.